The standard InChI is InChI=1S/C12H19N3O3/c1-8(2)6-13-10(16)7-15-11(17)5-9(3)14-12(15)18-4/h5,8H,6-7H2,1-4H3,(H,13,16). The largest absolute Gasteiger partial charge is 0.468 e. The van der Waals surface area contributed by atoms with Crippen LogP contribution in [0.5, 0.6) is 6.01 Å². The Morgan fingerprint density at radius 3 is 2.78 bits per heavy atom. The second-order valence-corrected chi connectivity index (χ2v) is 4.51. The van der Waals surface area contributed by atoms with Crippen LogP contribution in [0.25, 0.3) is 0 Å². The molecule has 6 heteroatoms. The lowest BCUT2D eigenvalue weighted by Gasteiger charge is -2.12. The number of aryl methyl sites for hydroxylation is 1. The first-order valence-corrected chi connectivity index (χ1v) is 5.83. The molecule has 0 radical (unpaired) electrons. The minimum Gasteiger partial charge on any atom is -0.468 e. The van der Waals surface area contributed by atoms with E-state index in [1.54, 1.807) is 6.92 Å². The zero-order valence-corrected chi connectivity index (χ0v) is 11.2. The van der Waals surface area contributed by atoms with Gasteiger partial charge in [0.1, 0.15) is 6.54 Å². The van der Waals surface area contributed by atoms with Crippen molar-refractivity contribution >= 4 is 5.91 Å². The molecule has 0 saturated carbocycles. The number of nitrogens with one attached hydrogen (secondary N) is 1. The van der Waals surface area contributed by atoms with Gasteiger partial charge in [0.15, 0.2) is 0 Å². The summed E-state index contributed by atoms with van der Waals surface area (Å²) < 4.78 is 6.22. The first kappa shape index (κ1) is 14.2. The molecule has 0 aromatic carbocycles. The number of amides is 1. The summed E-state index contributed by atoms with van der Waals surface area (Å²) in [5.41, 5.74) is 0.273. The molecule has 0 aliphatic carbocycles. The maximum absolute atomic E-state index is 11.8. The Labute approximate surface area is 106 Å². The van der Waals surface area contributed by atoms with Crippen molar-refractivity contribution in [2.24, 2.45) is 5.92 Å². The van der Waals surface area contributed by atoms with Gasteiger partial charge in [-0.15, -0.1) is 0 Å². The fourth-order valence-electron chi connectivity index (χ4n) is 1.41. The SMILES string of the molecule is COc1nc(C)cc(=O)n1CC(=O)NCC(C)C. The van der Waals surface area contributed by atoms with Crippen LogP contribution in [0, 0.1) is 12.8 Å². The predicted octanol–water partition coefficient (Wildman–Crippen LogP) is 0.333. The van der Waals surface area contributed by atoms with Crippen LogP contribution < -0.4 is 15.6 Å². The number of carbonyl (C=O) groups is 1. The van der Waals surface area contributed by atoms with E-state index in [1.807, 2.05) is 13.8 Å². The normalized spacial score (nSPS) is 10.5. The van der Waals surface area contributed by atoms with Gasteiger partial charge in [-0.3, -0.25) is 14.2 Å². The van der Waals surface area contributed by atoms with E-state index in [2.05, 4.69) is 10.3 Å². The van der Waals surface area contributed by atoms with Gasteiger partial charge in [-0.2, -0.15) is 0 Å². The van der Waals surface area contributed by atoms with Gasteiger partial charge < -0.3 is 10.1 Å². The number of hydrogen-bond acceptors (Lipinski definition) is 4. The highest BCUT2D eigenvalue weighted by Gasteiger charge is 2.11. The number of ether oxygens (including phenoxy) is 1. The van der Waals surface area contributed by atoms with Gasteiger partial charge in [-0.05, 0) is 12.8 Å². The maximum Gasteiger partial charge on any atom is 0.299 e. The summed E-state index contributed by atoms with van der Waals surface area (Å²) in [6.45, 7) is 6.20. The lowest BCUT2D eigenvalue weighted by Crippen LogP contribution is -2.34. The van der Waals surface area contributed by atoms with Crippen molar-refractivity contribution in [1.29, 1.82) is 0 Å². The number of rotatable bonds is 5. The van der Waals surface area contributed by atoms with Crippen molar-refractivity contribution in [1.82, 2.24) is 14.9 Å². The summed E-state index contributed by atoms with van der Waals surface area (Å²) in [5, 5.41) is 2.74. The van der Waals surface area contributed by atoms with Gasteiger partial charge in [0, 0.05) is 18.3 Å². The smallest absolute Gasteiger partial charge is 0.299 e. The highest BCUT2D eigenvalue weighted by atomic mass is 16.5. The van der Waals surface area contributed by atoms with Crippen LogP contribution in [-0.4, -0.2) is 29.1 Å². The van der Waals surface area contributed by atoms with Gasteiger partial charge >= 0.3 is 0 Å². The summed E-state index contributed by atoms with van der Waals surface area (Å²) >= 11 is 0. The van der Waals surface area contributed by atoms with Crippen molar-refractivity contribution in [2.45, 2.75) is 27.3 Å². The van der Waals surface area contributed by atoms with E-state index in [0.717, 1.165) is 0 Å². The second kappa shape index (κ2) is 6.18. The fourth-order valence-corrected chi connectivity index (χ4v) is 1.41. The molecule has 0 spiro atoms. The molecule has 100 valence electrons. The third kappa shape index (κ3) is 3.87. The topological polar surface area (TPSA) is 73.2 Å². The number of nitrogens with zero attached hydrogens (tertiary/aromatic N) is 2. The highest BCUT2D eigenvalue weighted by Crippen LogP contribution is 2.03. The average molecular weight is 253 g/mol. The first-order chi connectivity index (χ1) is 8.43. The highest BCUT2D eigenvalue weighted by molar-refractivity contribution is 5.75. The minimum absolute atomic E-state index is 0.0813. The minimum atomic E-state index is -0.293. The Morgan fingerprint density at radius 2 is 2.22 bits per heavy atom. The number of aromatic nitrogens is 2. The Balaban J connectivity index is 2.84. The van der Waals surface area contributed by atoms with Crippen molar-refractivity contribution in [3.63, 3.8) is 0 Å². The van der Waals surface area contributed by atoms with Crippen molar-refractivity contribution in [3.8, 4) is 6.01 Å². The first-order valence-electron chi connectivity index (χ1n) is 5.83. The van der Waals surface area contributed by atoms with Gasteiger partial charge in [0.2, 0.25) is 5.91 Å². The van der Waals surface area contributed by atoms with Gasteiger partial charge in [-0.25, -0.2) is 4.98 Å². The zero-order chi connectivity index (χ0) is 13.7. The van der Waals surface area contributed by atoms with Gasteiger partial charge in [0.25, 0.3) is 11.6 Å². The van der Waals surface area contributed by atoms with E-state index in [1.165, 1.54) is 17.7 Å². The van der Waals surface area contributed by atoms with Crippen molar-refractivity contribution < 1.29 is 9.53 Å². The van der Waals surface area contributed by atoms with Crippen molar-refractivity contribution in [3.05, 3.63) is 22.1 Å². The van der Waals surface area contributed by atoms with Crippen LogP contribution >= 0.6 is 0 Å². The fraction of sp³-hybridized carbons (Fsp3) is 0.583. The molecule has 18 heavy (non-hydrogen) atoms. The van der Waals surface area contributed by atoms with Crippen LogP contribution in [0.4, 0.5) is 0 Å². The Hall–Kier alpha value is -1.85. The van der Waals surface area contributed by atoms with E-state index in [4.69, 9.17) is 4.74 Å². The van der Waals surface area contributed by atoms with E-state index in [-0.39, 0.29) is 24.0 Å². The third-order valence-corrected chi connectivity index (χ3v) is 2.29. The lowest BCUT2D eigenvalue weighted by atomic mass is 10.2. The molecule has 0 aliphatic heterocycles. The molecule has 1 amide bonds. The molecule has 0 bridgehead atoms. The van der Waals surface area contributed by atoms with E-state index in [0.29, 0.717) is 18.2 Å². The molecule has 1 aromatic heterocycles. The monoisotopic (exact) mass is 253 g/mol. The third-order valence-electron chi connectivity index (χ3n) is 2.29. The molecular formula is C12H19N3O3. The van der Waals surface area contributed by atoms with Crippen molar-refractivity contribution in [2.75, 3.05) is 13.7 Å². The Bertz CT molecular complexity index is 480. The lowest BCUT2D eigenvalue weighted by molar-refractivity contribution is -0.121. The molecule has 1 N–H and O–H groups in total. The number of hydrogen-bond donors (Lipinski definition) is 1. The molecule has 1 aromatic rings. The molecule has 0 atom stereocenters. The molecule has 0 unspecified atom stereocenters. The molecular weight excluding hydrogens is 234 g/mol. The maximum atomic E-state index is 11.8. The Kier molecular flexibility index (Phi) is 4.88. The van der Waals surface area contributed by atoms with Crippen LogP contribution in [0.3, 0.4) is 0 Å². The number of carbonyl (C=O) groups excluding carboxylic acids is 1. The molecule has 0 saturated heterocycles. The van der Waals surface area contributed by atoms with Crippen LogP contribution in [-0.2, 0) is 11.3 Å². The molecule has 0 aliphatic rings. The van der Waals surface area contributed by atoms with E-state index < -0.39 is 0 Å². The van der Waals surface area contributed by atoms with Gasteiger partial charge in [-0.1, -0.05) is 13.8 Å². The summed E-state index contributed by atoms with van der Waals surface area (Å²) in [5.74, 6) is 0.137. The Morgan fingerprint density at radius 1 is 1.56 bits per heavy atom. The second-order valence-electron chi connectivity index (χ2n) is 4.51. The van der Waals surface area contributed by atoms with Crippen LogP contribution in [0.2, 0.25) is 0 Å². The molecule has 0 fully saturated rings. The summed E-state index contributed by atoms with van der Waals surface area (Å²) in [6, 6.07) is 1.53. The summed E-state index contributed by atoms with van der Waals surface area (Å²) in [7, 11) is 1.42. The summed E-state index contributed by atoms with van der Waals surface area (Å²) in [4.78, 5) is 27.5. The van der Waals surface area contributed by atoms with Crippen LogP contribution in [0.15, 0.2) is 10.9 Å². The van der Waals surface area contributed by atoms with Gasteiger partial charge in [0.05, 0.1) is 7.11 Å². The molecule has 1 heterocycles. The predicted molar refractivity (Wildman–Crippen MR) is 67.6 cm³/mol. The van der Waals surface area contributed by atoms with E-state index >= 15 is 0 Å². The number of methoxy groups -OCH3 is 1. The summed E-state index contributed by atoms with van der Waals surface area (Å²) in [6.07, 6.45) is 0. The quantitative estimate of drug-likeness (QED) is 0.821. The molecule has 6 nitrogen and oxygen atoms in total. The van der Waals surface area contributed by atoms with E-state index in [9.17, 15) is 9.59 Å². The molecule has 1 rings (SSSR count). The zero-order valence-electron chi connectivity index (χ0n) is 11.2. The van der Waals surface area contributed by atoms with Crippen LogP contribution in [0.1, 0.15) is 19.5 Å². The average Bonchev–Trinajstić information content (AvgIpc) is 2.29.